The summed E-state index contributed by atoms with van der Waals surface area (Å²) >= 11 is 0. The number of nitrogens with one attached hydrogen (secondary N) is 1. The second kappa shape index (κ2) is 4.90. The highest BCUT2D eigenvalue weighted by Gasteiger charge is 2.28. The van der Waals surface area contributed by atoms with Crippen molar-refractivity contribution >= 4 is 5.97 Å². The molecule has 1 atom stereocenters. The van der Waals surface area contributed by atoms with Gasteiger partial charge >= 0.3 is 5.97 Å². The van der Waals surface area contributed by atoms with Crippen LogP contribution in [0.2, 0.25) is 0 Å². The maximum atomic E-state index is 10.5. The van der Waals surface area contributed by atoms with E-state index in [-0.39, 0.29) is 6.54 Å². The lowest BCUT2D eigenvalue weighted by Gasteiger charge is -2.18. The number of aliphatic hydroxyl groups is 1. The molecule has 0 aromatic carbocycles. The Morgan fingerprint density at radius 3 is 2.93 bits per heavy atom. The van der Waals surface area contributed by atoms with Gasteiger partial charge in [0.25, 0.3) is 0 Å². The molecule has 6 nitrogen and oxygen atoms in total. The van der Waals surface area contributed by atoms with Gasteiger partial charge in [-0.3, -0.25) is 4.68 Å². The number of carboxylic acid groups (broad SMARTS) is 1. The fourth-order valence-corrected chi connectivity index (χ4v) is 1.03. The molecule has 3 N–H and O–H groups in total. The molecule has 0 fully saturated rings. The third-order valence-electron chi connectivity index (χ3n) is 2.01. The second-order valence-electron chi connectivity index (χ2n) is 3.52. The van der Waals surface area contributed by atoms with E-state index in [0.717, 1.165) is 0 Å². The molecule has 0 saturated carbocycles. The third-order valence-corrected chi connectivity index (χ3v) is 2.01. The Morgan fingerprint density at radius 1 is 1.67 bits per heavy atom. The summed E-state index contributed by atoms with van der Waals surface area (Å²) in [6, 6.07) is 1.81. The fraction of sp³-hybridized carbons (Fsp3) is 0.556. The Bertz CT molecular complexity index is 308. The van der Waals surface area contributed by atoms with Crippen LogP contribution < -0.4 is 5.32 Å². The van der Waals surface area contributed by atoms with Gasteiger partial charge in [0, 0.05) is 25.5 Å². The smallest absolute Gasteiger partial charge is 0.336 e. The fourth-order valence-electron chi connectivity index (χ4n) is 1.03. The highest BCUT2D eigenvalue weighted by Crippen LogP contribution is 2.00. The summed E-state index contributed by atoms with van der Waals surface area (Å²) < 4.78 is 1.72. The van der Waals surface area contributed by atoms with Gasteiger partial charge in [-0.2, -0.15) is 5.10 Å². The van der Waals surface area contributed by atoms with Crippen LogP contribution in [0.3, 0.4) is 0 Å². The summed E-state index contributed by atoms with van der Waals surface area (Å²) in [5.74, 6) is -1.23. The molecule has 0 aliphatic heterocycles. The highest BCUT2D eigenvalue weighted by atomic mass is 16.4. The van der Waals surface area contributed by atoms with E-state index in [4.69, 9.17) is 5.11 Å². The van der Waals surface area contributed by atoms with Gasteiger partial charge in [0.05, 0.1) is 6.54 Å². The molecule has 1 heterocycles. The predicted molar refractivity (Wildman–Crippen MR) is 53.4 cm³/mol. The molecule has 0 saturated heterocycles. The van der Waals surface area contributed by atoms with Crippen LogP contribution in [-0.2, 0) is 11.3 Å². The molecule has 1 aromatic heterocycles. The molecule has 6 heteroatoms. The first-order valence-corrected chi connectivity index (χ1v) is 4.66. The number of hydrogen-bond acceptors (Lipinski definition) is 4. The van der Waals surface area contributed by atoms with Gasteiger partial charge in [0.1, 0.15) is 0 Å². The number of nitrogens with zero attached hydrogens (tertiary/aromatic N) is 2. The zero-order valence-corrected chi connectivity index (χ0v) is 8.55. The van der Waals surface area contributed by atoms with Gasteiger partial charge < -0.3 is 15.5 Å². The lowest BCUT2D eigenvalue weighted by molar-refractivity contribution is -0.156. The molecule has 0 radical (unpaired) electrons. The molecule has 84 valence electrons. The maximum Gasteiger partial charge on any atom is 0.336 e. The van der Waals surface area contributed by atoms with E-state index in [1.54, 1.807) is 10.9 Å². The van der Waals surface area contributed by atoms with E-state index in [2.05, 4.69) is 10.4 Å². The van der Waals surface area contributed by atoms with Crippen LogP contribution in [0.5, 0.6) is 0 Å². The summed E-state index contributed by atoms with van der Waals surface area (Å²) in [6.45, 7) is 2.48. The van der Waals surface area contributed by atoms with Crippen molar-refractivity contribution in [2.45, 2.75) is 19.1 Å². The Hall–Kier alpha value is -1.40. The van der Waals surface area contributed by atoms with Crippen molar-refractivity contribution in [2.75, 3.05) is 13.1 Å². The first kappa shape index (κ1) is 11.7. The summed E-state index contributed by atoms with van der Waals surface area (Å²) in [5, 5.41) is 24.8. The van der Waals surface area contributed by atoms with Crippen LogP contribution in [0.4, 0.5) is 0 Å². The minimum absolute atomic E-state index is 0.0175. The van der Waals surface area contributed by atoms with E-state index in [1.165, 1.54) is 6.92 Å². The van der Waals surface area contributed by atoms with Crippen LogP contribution in [0.15, 0.2) is 18.5 Å². The number of carboxylic acids is 1. The predicted octanol–water partition coefficient (Wildman–Crippen LogP) is -0.692. The van der Waals surface area contributed by atoms with Crippen molar-refractivity contribution in [2.24, 2.45) is 0 Å². The number of carbonyl (C=O) groups is 1. The topological polar surface area (TPSA) is 87.4 Å². The first-order valence-electron chi connectivity index (χ1n) is 4.66. The SMILES string of the molecule is CC(O)(CNCCn1cccn1)C(=O)O. The summed E-state index contributed by atoms with van der Waals surface area (Å²) in [7, 11) is 0. The normalized spacial score (nSPS) is 14.8. The van der Waals surface area contributed by atoms with E-state index in [1.807, 2.05) is 12.3 Å². The molecule has 15 heavy (non-hydrogen) atoms. The largest absolute Gasteiger partial charge is 0.479 e. The number of aromatic nitrogens is 2. The van der Waals surface area contributed by atoms with Gasteiger partial charge in [-0.1, -0.05) is 0 Å². The highest BCUT2D eigenvalue weighted by molar-refractivity contribution is 5.76. The average Bonchev–Trinajstić information content (AvgIpc) is 2.64. The van der Waals surface area contributed by atoms with Crippen LogP contribution in [0, 0.1) is 0 Å². The monoisotopic (exact) mass is 213 g/mol. The van der Waals surface area contributed by atoms with Gasteiger partial charge in [-0.05, 0) is 13.0 Å². The van der Waals surface area contributed by atoms with E-state index >= 15 is 0 Å². The zero-order valence-electron chi connectivity index (χ0n) is 8.55. The molecule has 0 aliphatic rings. The Morgan fingerprint density at radius 2 is 2.40 bits per heavy atom. The quantitative estimate of drug-likeness (QED) is 0.544. The maximum absolute atomic E-state index is 10.5. The second-order valence-corrected chi connectivity index (χ2v) is 3.52. The molecule has 1 aromatic rings. The van der Waals surface area contributed by atoms with Crippen molar-refractivity contribution in [1.29, 1.82) is 0 Å². The lowest BCUT2D eigenvalue weighted by atomic mass is 10.1. The van der Waals surface area contributed by atoms with Gasteiger partial charge in [-0.25, -0.2) is 4.79 Å². The number of aliphatic carboxylic acids is 1. The van der Waals surface area contributed by atoms with Crippen molar-refractivity contribution in [3.63, 3.8) is 0 Å². The van der Waals surface area contributed by atoms with Gasteiger partial charge in [-0.15, -0.1) is 0 Å². The van der Waals surface area contributed by atoms with E-state index in [0.29, 0.717) is 13.1 Å². The van der Waals surface area contributed by atoms with Crippen LogP contribution in [0.1, 0.15) is 6.92 Å². The molecular weight excluding hydrogens is 198 g/mol. The average molecular weight is 213 g/mol. The van der Waals surface area contributed by atoms with Gasteiger partial charge in [0.15, 0.2) is 5.60 Å². The van der Waals surface area contributed by atoms with Crippen molar-refractivity contribution < 1.29 is 15.0 Å². The number of hydrogen-bond donors (Lipinski definition) is 3. The van der Waals surface area contributed by atoms with E-state index < -0.39 is 11.6 Å². The molecular formula is C9H15N3O3. The molecule has 0 spiro atoms. The Kier molecular flexibility index (Phi) is 3.81. The molecule has 0 amide bonds. The van der Waals surface area contributed by atoms with Gasteiger partial charge in [0.2, 0.25) is 0 Å². The summed E-state index contributed by atoms with van der Waals surface area (Å²) in [6.07, 6.45) is 3.49. The van der Waals surface area contributed by atoms with Crippen molar-refractivity contribution in [3.05, 3.63) is 18.5 Å². The number of rotatable bonds is 6. The van der Waals surface area contributed by atoms with Crippen LogP contribution >= 0.6 is 0 Å². The molecule has 1 unspecified atom stereocenters. The van der Waals surface area contributed by atoms with Crippen molar-refractivity contribution in [1.82, 2.24) is 15.1 Å². The lowest BCUT2D eigenvalue weighted by Crippen LogP contribution is -2.45. The molecule has 1 rings (SSSR count). The molecule has 0 bridgehead atoms. The summed E-state index contributed by atoms with van der Waals surface area (Å²) in [5.41, 5.74) is -1.72. The van der Waals surface area contributed by atoms with E-state index in [9.17, 15) is 9.90 Å². The molecule has 0 aliphatic carbocycles. The Balaban J connectivity index is 2.19. The zero-order chi connectivity index (χ0) is 11.3. The third kappa shape index (κ3) is 3.69. The minimum atomic E-state index is -1.72. The van der Waals surface area contributed by atoms with Crippen LogP contribution in [0.25, 0.3) is 0 Å². The summed E-state index contributed by atoms with van der Waals surface area (Å²) in [4.78, 5) is 10.5. The first-order chi connectivity index (χ1) is 7.02. The minimum Gasteiger partial charge on any atom is -0.479 e. The van der Waals surface area contributed by atoms with Crippen molar-refractivity contribution in [3.8, 4) is 0 Å². The standard InChI is InChI=1S/C9H15N3O3/c1-9(15,8(13)14)7-10-4-6-12-5-2-3-11-12/h2-3,5,10,15H,4,6-7H2,1H3,(H,13,14). The Labute approximate surface area is 87.5 Å². The van der Waals surface area contributed by atoms with Crippen LogP contribution in [-0.4, -0.2) is 44.7 Å².